The van der Waals surface area contributed by atoms with Gasteiger partial charge in [-0.3, -0.25) is 0 Å². The molecule has 1 aliphatic rings. The summed E-state index contributed by atoms with van der Waals surface area (Å²) in [6.45, 7) is 20.9. The van der Waals surface area contributed by atoms with Crippen LogP contribution in [0.5, 0.6) is 0 Å². The number of hydrogen-bond donors (Lipinski definition) is 0. The van der Waals surface area contributed by atoms with Crippen LogP contribution in [0, 0.1) is 5.41 Å². The van der Waals surface area contributed by atoms with Crippen molar-refractivity contribution in [3.8, 4) is 11.1 Å². The zero-order chi connectivity index (χ0) is 20.8. The van der Waals surface area contributed by atoms with Crippen LogP contribution in [0.1, 0.15) is 108 Å². The Bertz CT molecular complexity index is 872. The molecule has 0 atom stereocenters. The quantitative estimate of drug-likeness (QED) is 0.502. The summed E-state index contributed by atoms with van der Waals surface area (Å²) < 4.78 is 0. The minimum absolute atomic E-state index is 0.219. The van der Waals surface area contributed by atoms with Crippen LogP contribution in [-0.2, 0) is 6.42 Å². The molecule has 0 aliphatic heterocycles. The lowest BCUT2D eigenvalue weighted by Crippen LogP contribution is -2.08. The third-order valence-electron chi connectivity index (χ3n) is 6.25. The van der Waals surface area contributed by atoms with Crippen LogP contribution in [0.2, 0.25) is 0 Å². The SMILES string of the molecule is CC(C)c1cc(-c2c(C(C)C)ccc3c2C=C(C(C)(C)C)C3)cc(C(C)C)c1. The van der Waals surface area contributed by atoms with Crippen molar-refractivity contribution in [3.63, 3.8) is 0 Å². The Hall–Kier alpha value is -1.82. The van der Waals surface area contributed by atoms with Crippen molar-refractivity contribution in [2.24, 2.45) is 5.41 Å². The van der Waals surface area contributed by atoms with Gasteiger partial charge in [0.2, 0.25) is 0 Å². The van der Waals surface area contributed by atoms with Gasteiger partial charge in [0.15, 0.2) is 0 Å². The van der Waals surface area contributed by atoms with Crippen molar-refractivity contribution in [2.75, 3.05) is 0 Å². The topological polar surface area (TPSA) is 0 Å². The Morgan fingerprint density at radius 2 is 1.32 bits per heavy atom. The summed E-state index contributed by atoms with van der Waals surface area (Å²) in [5, 5.41) is 0. The van der Waals surface area contributed by atoms with Gasteiger partial charge in [-0.15, -0.1) is 0 Å². The van der Waals surface area contributed by atoms with Gasteiger partial charge < -0.3 is 0 Å². The molecule has 0 fully saturated rings. The molecule has 0 unspecified atom stereocenters. The fraction of sp³-hybridized carbons (Fsp3) is 0.500. The van der Waals surface area contributed by atoms with Gasteiger partial charge in [-0.05, 0) is 68.5 Å². The molecule has 2 aromatic rings. The highest BCUT2D eigenvalue weighted by molar-refractivity contribution is 5.84. The number of allylic oxidation sites excluding steroid dienone is 1. The standard InChI is InChI=1S/C28H38/c1-17(2)21-12-22(18(3)4)14-23(13-21)27-25(19(5)6)11-10-20-15-24(16-26(20)27)28(7,8)9/h10-14,16-19H,15H2,1-9H3. The van der Waals surface area contributed by atoms with Gasteiger partial charge >= 0.3 is 0 Å². The van der Waals surface area contributed by atoms with Crippen LogP contribution in [0.3, 0.4) is 0 Å². The van der Waals surface area contributed by atoms with Crippen LogP contribution >= 0.6 is 0 Å². The van der Waals surface area contributed by atoms with E-state index in [4.69, 9.17) is 0 Å². The smallest absolute Gasteiger partial charge is 0.00523 e. The summed E-state index contributed by atoms with van der Waals surface area (Å²) in [6.07, 6.45) is 3.58. The molecule has 0 heteroatoms. The fourth-order valence-corrected chi connectivity index (χ4v) is 4.20. The summed E-state index contributed by atoms with van der Waals surface area (Å²) in [7, 11) is 0. The minimum Gasteiger partial charge on any atom is -0.0598 e. The average Bonchev–Trinajstić information content (AvgIpc) is 3.04. The number of benzene rings is 2. The van der Waals surface area contributed by atoms with E-state index in [1.807, 2.05) is 0 Å². The highest BCUT2D eigenvalue weighted by atomic mass is 14.3. The second kappa shape index (κ2) is 7.54. The molecule has 0 saturated heterocycles. The van der Waals surface area contributed by atoms with Gasteiger partial charge in [0.05, 0.1) is 0 Å². The van der Waals surface area contributed by atoms with Crippen LogP contribution in [0.25, 0.3) is 17.2 Å². The van der Waals surface area contributed by atoms with E-state index in [1.54, 1.807) is 5.57 Å². The molecule has 0 heterocycles. The number of rotatable bonds is 4. The van der Waals surface area contributed by atoms with E-state index in [0.717, 1.165) is 6.42 Å². The Morgan fingerprint density at radius 3 is 1.79 bits per heavy atom. The lowest BCUT2D eigenvalue weighted by atomic mass is 9.84. The summed E-state index contributed by atoms with van der Waals surface area (Å²) in [6, 6.07) is 12.1. The highest BCUT2D eigenvalue weighted by Gasteiger charge is 2.27. The maximum Gasteiger partial charge on any atom is -0.00523 e. The third-order valence-corrected chi connectivity index (χ3v) is 6.25. The first-order valence-electron chi connectivity index (χ1n) is 11.0. The molecule has 3 rings (SSSR count). The zero-order valence-corrected chi connectivity index (χ0v) is 19.4. The van der Waals surface area contributed by atoms with Crippen LogP contribution in [0.4, 0.5) is 0 Å². The largest absolute Gasteiger partial charge is 0.0598 e. The molecule has 0 radical (unpaired) electrons. The molecule has 1 aliphatic carbocycles. The van der Waals surface area contributed by atoms with Crippen molar-refractivity contribution in [3.05, 3.63) is 63.7 Å². The van der Waals surface area contributed by atoms with E-state index in [0.29, 0.717) is 17.8 Å². The molecule has 2 aromatic carbocycles. The van der Waals surface area contributed by atoms with Gasteiger partial charge in [0.25, 0.3) is 0 Å². The summed E-state index contributed by atoms with van der Waals surface area (Å²) >= 11 is 0. The molecule has 0 spiro atoms. The second-order valence-corrected chi connectivity index (χ2v) is 10.6. The predicted octanol–water partition coefficient (Wildman–Crippen LogP) is 8.71. The molecular weight excluding hydrogens is 336 g/mol. The van der Waals surface area contributed by atoms with Crippen LogP contribution < -0.4 is 0 Å². The molecular formula is C28H38. The number of fused-ring (bicyclic) bond motifs is 1. The Morgan fingerprint density at radius 1 is 0.750 bits per heavy atom. The van der Waals surface area contributed by atoms with E-state index in [2.05, 4.69) is 98.7 Å². The van der Waals surface area contributed by atoms with Gasteiger partial charge in [0, 0.05) is 0 Å². The van der Waals surface area contributed by atoms with E-state index < -0.39 is 0 Å². The van der Waals surface area contributed by atoms with E-state index in [-0.39, 0.29) is 5.41 Å². The summed E-state index contributed by atoms with van der Waals surface area (Å²) in [5.41, 5.74) is 12.0. The van der Waals surface area contributed by atoms with Gasteiger partial charge in [0.1, 0.15) is 0 Å². The van der Waals surface area contributed by atoms with Crippen LogP contribution in [-0.4, -0.2) is 0 Å². The first-order valence-corrected chi connectivity index (χ1v) is 11.0. The van der Waals surface area contributed by atoms with Crippen molar-refractivity contribution in [1.29, 1.82) is 0 Å². The number of hydrogen-bond acceptors (Lipinski definition) is 0. The lowest BCUT2D eigenvalue weighted by molar-refractivity contribution is 0.498. The monoisotopic (exact) mass is 374 g/mol. The normalized spacial score (nSPS) is 14.2. The van der Waals surface area contributed by atoms with E-state index >= 15 is 0 Å². The highest BCUT2D eigenvalue weighted by Crippen LogP contribution is 2.44. The molecule has 0 bridgehead atoms. The average molecular weight is 375 g/mol. The summed E-state index contributed by atoms with van der Waals surface area (Å²) in [5.74, 6) is 1.59. The van der Waals surface area contributed by atoms with E-state index in [9.17, 15) is 0 Å². The fourth-order valence-electron chi connectivity index (χ4n) is 4.20. The maximum absolute atomic E-state index is 2.49. The first kappa shape index (κ1) is 20.9. The first-order chi connectivity index (χ1) is 13.0. The van der Waals surface area contributed by atoms with Crippen molar-refractivity contribution < 1.29 is 0 Å². The Kier molecular flexibility index (Phi) is 5.63. The second-order valence-electron chi connectivity index (χ2n) is 10.6. The van der Waals surface area contributed by atoms with Crippen molar-refractivity contribution in [1.82, 2.24) is 0 Å². The molecule has 28 heavy (non-hydrogen) atoms. The van der Waals surface area contributed by atoms with Gasteiger partial charge in [-0.1, -0.05) is 104 Å². The molecule has 0 aromatic heterocycles. The molecule has 150 valence electrons. The summed E-state index contributed by atoms with van der Waals surface area (Å²) in [4.78, 5) is 0. The predicted molar refractivity (Wildman–Crippen MR) is 125 cm³/mol. The maximum atomic E-state index is 2.49. The van der Waals surface area contributed by atoms with Gasteiger partial charge in [-0.25, -0.2) is 0 Å². The Labute approximate surface area is 173 Å². The van der Waals surface area contributed by atoms with Crippen LogP contribution in [0.15, 0.2) is 35.9 Å². The van der Waals surface area contributed by atoms with E-state index in [1.165, 1.54) is 38.9 Å². The third kappa shape index (κ3) is 3.97. The molecule has 0 saturated carbocycles. The minimum atomic E-state index is 0.219. The molecule has 0 nitrogen and oxygen atoms in total. The van der Waals surface area contributed by atoms with Crippen molar-refractivity contribution >= 4 is 6.08 Å². The van der Waals surface area contributed by atoms with Gasteiger partial charge in [-0.2, -0.15) is 0 Å². The lowest BCUT2D eigenvalue weighted by Gasteiger charge is -2.20. The Balaban J connectivity index is 2.31. The van der Waals surface area contributed by atoms with Crippen molar-refractivity contribution in [2.45, 2.75) is 86.5 Å². The zero-order valence-electron chi connectivity index (χ0n) is 19.4. The molecule has 0 amide bonds. The molecule has 0 N–H and O–H groups in total.